The molecule has 0 radical (unpaired) electrons. The first-order valence-electron chi connectivity index (χ1n) is 5.52. The van der Waals surface area contributed by atoms with E-state index in [0.29, 0.717) is 10.8 Å². The van der Waals surface area contributed by atoms with Crippen LogP contribution in [0.2, 0.25) is 0 Å². The lowest BCUT2D eigenvalue weighted by atomic mass is 9.80. The lowest BCUT2D eigenvalue weighted by molar-refractivity contribution is -0.119. The van der Waals surface area contributed by atoms with Crippen molar-refractivity contribution in [2.24, 2.45) is 5.92 Å². The smallest absolute Gasteiger partial charge is 0.165 e. The molecule has 15 heavy (non-hydrogen) atoms. The maximum absolute atomic E-state index is 12.1. The van der Waals surface area contributed by atoms with Crippen molar-refractivity contribution in [1.29, 1.82) is 0 Å². The fourth-order valence-electron chi connectivity index (χ4n) is 2.28. The van der Waals surface area contributed by atoms with Gasteiger partial charge in [-0.2, -0.15) is 0 Å². The standard InChI is InChI=1S/C13H15ClO/c1-2-9-6-7-10-4-3-5-11(14)8-12(10)13(9)15/h3,5,8-9H,2,4,6-7H2,1H3. The molecule has 2 aliphatic rings. The Bertz CT molecular complexity index is 374. The monoisotopic (exact) mass is 222 g/mol. The zero-order valence-corrected chi connectivity index (χ0v) is 9.68. The van der Waals surface area contributed by atoms with Crippen molar-refractivity contribution in [2.45, 2.75) is 32.6 Å². The van der Waals surface area contributed by atoms with Crippen LogP contribution >= 0.6 is 11.6 Å². The normalized spacial score (nSPS) is 26.1. The lowest BCUT2D eigenvalue weighted by Crippen LogP contribution is -2.21. The largest absolute Gasteiger partial charge is 0.294 e. The first-order valence-corrected chi connectivity index (χ1v) is 5.90. The highest BCUT2D eigenvalue weighted by Gasteiger charge is 2.27. The highest BCUT2D eigenvalue weighted by molar-refractivity contribution is 6.31. The number of hydrogen-bond acceptors (Lipinski definition) is 1. The Kier molecular flexibility index (Phi) is 3.11. The van der Waals surface area contributed by atoms with Gasteiger partial charge in [-0.3, -0.25) is 4.79 Å². The Labute approximate surface area is 95.5 Å². The van der Waals surface area contributed by atoms with Crippen molar-refractivity contribution in [3.8, 4) is 0 Å². The first-order chi connectivity index (χ1) is 7.22. The molecule has 0 saturated heterocycles. The Morgan fingerprint density at radius 1 is 1.53 bits per heavy atom. The molecule has 1 unspecified atom stereocenters. The minimum atomic E-state index is 0.211. The van der Waals surface area contributed by atoms with Gasteiger partial charge in [0.2, 0.25) is 0 Å². The van der Waals surface area contributed by atoms with Crippen LogP contribution < -0.4 is 0 Å². The van der Waals surface area contributed by atoms with Crippen molar-refractivity contribution in [3.63, 3.8) is 0 Å². The molecule has 2 heteroatoms. The van der Waals surface area contributed by atoms with Gasteiger partial charge in [0, 0.05) is 16.5 Å². The molecule has 1 atom stereocenters. The summed E-state index contributed by atoms with van der Waals surface area (Å²) >= 11 is 5.99. The topological polar surface area (TPSA) is 17.1 Å². The third kappa shape index (κ3) is 2.07. The van der Waals surface area contributed by atoms with Gasteiger partial charge in [-0.25, -0.2) is 0 Å². The molecule has 0 bridgehead atoms. The highest BCUT2D eigenvalue weighted by Crippen LogP contribution is 2.33. The third-order valence-electron chi connectivity index (χ3n) is 3.23. The van der Waals surface area contributed by atoms with E-state index >= 15 is 0 Å². The molecule has 0 aromatic rings. The van der Waals surface area contributed by atoms with E-state index in [0.717, 1.165) is 31.3 Å². The Morgan fingerprint density at radius 3 is 3.07 bits per heavy atom. The van der Waals surface area contributed by atoms with Crippen LogP contribution in [0.1, 0.15) is 32.6 Å². The Morgan fingerprint density at radius 2 is 2.33 bits per heavy atom. The molecule has 0 N–H and O–H groups in total. The molecular weight excluding hydrogens is 208 g/mol. The van der Waals surface area contributed by atoms with E-state index in [1.165, 1.54) is 5.57 Å². The average molecular weight is 223 g/mol. The average Bonchev–Trinajstić information content (AvgIpc) is 2.41. The van der Waals surface area contributed by atoms with Gasteiger partial charge in [-0.05, 0) is 37.8 Å². The van der Waals surface area contributed by atoms with E-state index < -0.39 is 0 Å². The van der Waals surface area contributed by atoms with Crippen LogP contribution in [0.3, 0.4) is 0 Å². The van der Waals surface area contributed by atoms with Crippen LogP contribution in [0.5, 0.6) is 0 Å². The molecular formula is C13H15ClO. The maximum atomic E-state index is 12.1. The molecule has 0 spiro atoms. The molecule has 0 aromatic carbocycles. The third-order valence-corrected chi connectivity index (χ3v) is 3.46. The van der Waals surface area contributed by atoms with Gasteiger partial charge in [-0.15, -0.1) is 0 Å². The summed E-state index contributed by atoms with van der Waals surface area (Å²) < 4.78 is 0. The van der Waals surface area contributed by atoms with Crippen molar-refractivity contribution in [3.05, 3.63) is 34.4 Å². The number of carbonyl (C=O) groups is 1. The minimum absolute atomic E-state index is 0.211. The molecule has 0 aromatic heterocycles. The summed E-state index contributed by atoms with van der Waals surface area (Å²) in [5, 5.41) is 0.671. The first kappa shape index (κ1) is 10.7. The van der Waals surface area contributed by atoms with Crippen LogP contribution in [0, 0.1) is 5.92 Å². The summed E-state index contributed by atoms with van der Waals surface area (Å²) in [6.45, 7) is 2.08. The second-order valence-corrected chi connectivity index (χ2v) is 4.60. The Balaban J connectivity index is 2.37. The molecule has 2 aliphatic carbocycles. The number of ketones is 1. The van der Waals surface area contributed by atoms with Crippen LogP contribution in [0.4, 0.5) is 0 Å². The van der Waals surface area contributed by atoms with Gasteiger partial charge in [0.25, 0.3) is 0 Å². The highest BCUT2D eigenvalue weighted by atomic mass is 35.5. The number of halogens is 1. The second-order valence-electron chi connectivity index (χ2n) is 4.16. The molecule has 2 rings (SSSR count). The SMILES string of the molecule is CCC1CCC2=C(C=C(Cl)C=CC2)C1=O. The van der Waals surface area contributed by atoms with E-state index in [-0.39, 0.29) is 5.92 Å². The minimum Gasteiger partial charge on any atom is -0.294 e. The van der Waals surface area contributed by atoms with Gasteiger partial charge in [-0.1, -0.05) is 30.2 Å². The summed E-state index contributed by atoms with van der Waals surface area (Å²) in [5.74, 6) is 0.503. The second kappa shape index (κ2) is 4.36. The van der Waals surface area contributed by atoms with Gasteiger partial charge >= 0.3 is 0 Å². The molecule has 0 saturated carbocycles. The van der Waals surface area contributed by atoms with Gasteiger partial charge in [0.1, 0.15) is 0 Å². The van der Waals surface area contributed by atoms with Crippen molar-refractivity contribution >= 4 is 17.4 Å². The van der Waals surface area contributed by atoms with Crippen molar-refractivity contribution in [2.75, 3.05) is 0 Å². The van der Waals surface area contributed by atoms with E-state index in [9.17, 15) is 4.79 Å². The van der Waals surface area contributed by atoms with Crippen LogP contribution in [-0.2, 0) is 4.79 Å². The number of allylic oxidation sites excluding steroid dienone is 6. The fourth-order valence-corrected chi connectivity index (χ4v) is 2.48. The number of hydrogen-bond donors (Lipinski definition) is 0. The summed E-state index contributed by atoms with van der Waals surface area (Å²) in [7, 11) is 0. The summed E-state index contributed by atoms with van der Waals surface area (Å²) in [4.78, 5) is 12.1. The predicted octanol–water partition coefficient (Wildman–Crippen LogP) is 3.75. The Hall–Kier alpha value is -0.820. The number of Topliss-reactive ketones (excluding diaryl/α,β-unsaturated/α-hetero) is 1. The quantitative estimate of drug-likeness (QED) is 0.660. The van der Waals surface area contributed by atoms with E-state index in [4.69, 9.17) is 11.6 Å². The zero-order chi connectivity index (χ0) is 10.8. The number of carbonyl (C=O) groups excluding carboxylic acids is 1. The van der Waals surface area contributed by atoms with Gasteiger partial charge < -0.3 is 0 Å². The molecule has 0 heterocycles. The van der Waals surface area contributed by atoms with E-state index in [1.54, 1.807) is 0 Å². The summed E-state index contributed by atoms with van der Waals surface area (Å²) in [5.41, 5.74) is 2.14. The molecule has 0 aliphatic heterocycles. The molecule has 1 nitrogen and oxygen atoms in total. The van der Waals surface area contributed by atoms with Gasteiger partial charge in [0.15, 0.2) is 5.78 Å². The van der Waals surface area contributed by atoms with Crippen molar-refractivity contribution in [1.82, 2.24) is 0 Å². The van der Waals surface area contributed by atoms with E-state index in [1.807, 2.05) is 18.2 Å². The van der Waals surface area contributed by atoms with E-state index in [2.05, 4.69) is 6.92 Å². The summed E-state index contributed by atoms with van der Waals surface area (Å²) in [6.07, 6.45) is 9.64. The lowest BCUT2D eigenvalue weighted by Gasteiger charge is -2.22. The summed E-state index contributed by atoms with van der Waals surface area (Å²) in [6, 6.07) is 0. The maximum Gasteiger partial charge on any atom is 0.165 e. The molecule has 80 valence electrons. The van der Waals surface area contributed by atoms with Gasteiger partial charge in [0.05, 0.1) is 0 Å². The molecule has 0 fully saturated rings. The number of rotatable bonds is 1. The van der Waals surface area contributed by atoms with Crippen LogP contribution in [0.15, 0.2) is 34.4 Å². The predicted molar refractivity (Wildman–Crippen MR) is 62.7 cm³/mol. The fraction of sp³-hybridized carbons (Fsp3) is 0.462. The van der Waals surface area contributed by atoms with Crippen LogP contribution in [-0.4, -0.2) is 5.78 Å². The van der Waals surface area contributed by atoms with Crippen LogP contribution in [0.25, 0.3) is 0 Å². The van der Waals surface area contributed by atoms with Crippen molar-refractivity contribution < 1.29 is 4.79 Å². The molecule has 0 amide bonds. The zero-order valence-electron chi connectivity index (χ0n) is 8.92.